The Kier molecular flexibility index (Phi) is 2.74. The van der Waals surface area contributed by atoms with E-state index in [1.54, 1.807) is 12.1 Å². The van der Waals surface area contributed by atoms with Crippen molar-refractivity contribution in [2.75, 3.05) is 5.73 Å². The summed E-state index contributed by atoms with van der Waals surface area (Å²) < 4.78 is 0. The smallest absolute Gasteiger partial charge is 0.138 e. The molecule has 3 N–H and O–H groups in total. The van der Waals surface area contributed by atoms with Gasteiger partial charge in [-0.2, -0.15) is 0 Å². The number of phenols is 1. The van der Waals surface area contributed by atoms with Crippen LogP contribution in [0.4, 0.5) is 5.69 Å². The topological polar surface area (TPSA) is 86.4 Å². The molecule has 0 spiro atoms. The Morgan fingerprint density at radius 1 is 1.54 bits per heavy atom. The Hall–Kier alpha value is -1.71. The number of carboxylic acid groups (broad SMARTS) is 1. The maximum Gasteiger partial charge on any atom is 0.138 e. The molecule has 4 heteroatoms. The van der Waals surface area contributed by atoms with Gasteiger partial charge in [-0.25, -0.2) is 0 Å². The molecule has 0 aromatic heterocycles. The average molecular weight is 180 g/mol. The summed E-state index contributed by atoms with van der Waals surface area (Å²) in [5.41, 5.74) is 6.45. The van der Waals surface area contributed by atoms with E-state index in [2.05, 4.69) is 0 Å². The summed E-state index contributed by atoms with van der Waals surface area (Å²) >= 11 is 0. The summed E-state index contributed by atoms with van der Waals surface area (Å²) in [4.78, 5) is 10.1. The third-order valence-corrected chi connectivity index (χ3v) is 1.71. The molecule has 0 aliphatic carbocycles. The second-order valence-electron chi connectivity index (χ2n) is 2.77. The minimum Gasteiger partial charge on any atom is -0.550 e. The molecule has 1 aromatic rings. The number of hydrogen-bond acceptors (Lipinski definition) is 4. The molecule has 1 aromatic carbocycles. The predicted molar refractivity (Wildman–Crippen MR) is 45.8 cm³/mol. The summed E-state index contributed by atoms with van der Waals surface area (Å²) in [6, 6.07) is 4.63. The lowest BCUT2D eigenvalue weighted by Crippen LogP contribution is -2.22. The van der Waals surface area contributed by atoms with Crippen molar-refractivity contribution in [3.05, 3.63) is 23.8 Å². The maximum atomic E-state index is 10.1. The molecule has 0 saturated carbocycles. The summed E-state index contributed by atoms with van der Waals surface area (Å²) in [7, 11) is 0. The zero-order valence-electron chi connectivity index (χ0n) is 6.99. The Balaban J connectivity index is 2.68. The van der Waals surface area contributed by atoms with Crippen LogP contribution >= 0.6 is 0 Å². The van der Waals surface area contributed by atoms with Gasteiger partial charge < -0.3 is 20.7 Å². The van der Waals surface area contributed by atoms with Crippen LogP contribution in [0.25, 0.3) is 0 Å². The van der Waals surface area contributed by atoms with Crippen LogP contribution in [0.3, 0.4) is 0 Å². The summed E-state index contributed by atoms with van der Waals surface area (Å²) in [6.07, 6.45) is 0.330. The fourth-order valence-corrected chi connectivity index (χ4v) is 1.01. The van der Waals surface area contributed by atoms with Crippen LogP contribution in [0.5, 0.6) is 5.75 Å². The van der Waals surface area contributed by atoms with Crippen molar-refractivity contribution >= 4 is 11.7 Å². The Bertz CT molecular complexity index is 323. The number of aryl methyl sites for hydroxylation is 1. The SMILES string of the molecule is Nc1cc(CCC(=O)[O-])ccc1O. The zero-order valence-corrected chi connectivity index (χ0v) is 6.99. The van der Waals surface area contributed by atoms with Crippen LogP contribution in [0.1, 0.15) is 12.0 Å². The second kappa shape index (κ2) is 3.80. The largest absolute Gasteiger partial charge is 0.550 e. The first-order valence-electron chi connectivity index (χ1n) is 3.87. The number of phenolic OH excluding ortho intramolecular Hbond substituents is 1. The van der Waals surface area contributed by atoms with Gasteiger partial charge in [0.1, 0.15) is 5.75 Å². The van der Waals surface area contributed by atoms with Gasteiger partial charge in [-0.05, 0) is 30.5 Å². The summed E-state index contributed by atoms with van der Waals surface area (Å²) in [5, 5.41) is 19.2. The molecular weight excluding hydrogens is 170 g/mol. The van der Waals surface area contributed by atoms with Crippen molar-refractivity contribution in [1.29, 1.82) is 0 Å². The third kappa shape index (κ3) is 2.66. The average Bonchev–Trinajstić information content (AvgIpc) is 2.07. The molecule has 0 heterocycles. The second-order valence-corrected chi connectivity index (χ2v) is 2.77. The van der Waals surface area contributed by atoms with Crippen molar-refractivity contribution in [3.63, 3.8) is 0 Å². The van der Waals surface area contributed by atoms with Crippen molar-refractivity contribution in [1.82, 2.24) is 0 Å². The van der Waals surface area contributed by atoms with Gasteiger partial charge >= 0.3 is 0 Å². The van der Waals surface area contributed by atoms with Gasteiger partial charge in [-0.15, -0.1) is 0 Å². The molecule has 0 aliphatic heterocycles. The standard InChI is InChI=1S/C9H11NO3/c10-7-5-6(1-3-8(7)11)2-4-9(12)13/h1,3,5,11H,2,4,10H2,(H,12,13)/p-1. The van der Waals surface area contributed by atoms with E-state index in [0.717, 1.165) is 5.56 Å². The number of aliphatic carboxylic acids is 1. The fraction of sp³-hybridized carbons (Fsp3) is 0.222. The number of hydrogen-bond donors (Lipinski definition) is 2. The van der Waals surface area contributed by atoms with Gasteiger partial charge in [-0.3, -0.25) is 0 Å². The van der Waals surface area contributed by atoms with Gasteiger partial charge in [0.15, 0.2) is 0 Å². The first-order valence-corrected chi connectivity index (χ1v) is 3.87. The van der Waals surface area contributed by atoms with Gasteiger partial charge in [0.25, 0.3) is 0 Å². The predicted octanol–water partition coefficient (Wildman–Crippen LogP) is -0.343. The molecule has 1 rings (SSSR count). The molecule has 4 nitrogen and oxygen atoms in total. The van der Waals surface area contributed by atoms with E-state index in [-0.39, 0.29) is 17.9 Å². The van der Waals surface area contributed by atoms with E-state index >= 15 is 0 Å². The van der Waals surface area contributed by atoms with Crippen LogP contribution in [0.15, 0.2) is 18.2 Å². The number of carbonyl (C=O) groups is 1. The fourth-order valence-electron chi connectivity index (χ4n) is 1.01. The normalized spacial score (nSPS) is 9.85. The van der Waals surface area contributed by atoms with Gasteiger partial charge in [0.2, 0.25) is 0 Å². The molecular formula is C9H10NO3-. The Morgan fingerprint density at radius 2 is 2.23 bits per heavy atom. The molecule has 0 aliphatic rings. The van der Waals surface area contributed by atoms with E-state index in [1.807, 2.05) is 0 Å². The van der Waals surface area contributed by atoms with Crippen molar-refractivity contribution in [3.8, 4) is 5.75 Å². The molecule has 0 bridgehead atoms. The number of nitrogen functional groups attached to an aromatic ring is 1. The van der Waals surface area contributed by atoms with Crippen LogP contribution in [0, 0.1) is 0 Å². The zero-order chi connectivity index (χ0) is 9.84. The lowest BCUT2D eigenvalue weighted by molar-refractivity contribution is -0.305. The highest BCUT2D eigenvalue weighted by Crippen LogP contribution is 2.20. The van der Waals surface area contributed by atoms with E-state index in [1.165, 1.54) is 6.07 Å². The highest BCUT2D eigenvalue weighted by molar-refractivity contribution is 5.65. The maximum absolute atomic E-state index is 10.1. The van der Waals surface area contributed by atoms with E-state index in [9.17, 15) is 9.90 Å². The van der Waals surface area contributed by atoms with E-state index < -0.39 is 5.97 Å². The van der Waals surface area contributed by atoms with Crippen LogP contribution in [-0.2, 0) is 11.2 Å². The Morgan fingerprint density at radius 3 is 2.77 bits per heavy atom. The number of rotatable bonds is 3. The number of aromatic hydroxyl groups is 1. The summed E-state index contributed by atoms with van der Waals surface area (Å²) in [5.74, 6) is -1.08. The third-order valence-electron chi connectivity index (χ3n) is 1.71. The highest BCUT2D eigenvalue weighted by atomic mass is 16.4. The lowest BCUT2D eigenvalue weighted by Gasteiger charge is -2.04. The van der Waals surface area contributed by atoms with Crippen molar-refractivity contribution in [2.45, 2.75) is 12.8 Å². The first kappa shape index (κ1) is 9.38. The van der Waals surface area contributed by atoms with Crippen LogP contribution < -0.4 is 10.8 Å². The van der Waals surface area contributed by atoms with E-state index in [4.69, 9.17) is 10.8 Å². The van der Waals surface area contributed by atoms with Crippen molar-refractivity contribution < 1.29 is 15.0 Å². The number of nitrogens with two attached hydrogens (primary N) is 1. The molecule has 0 amide bonds. The van der Waals surface area contributed by atoms with Gasteiger partial charge in [-0.1, -0.05) is 6.07 Å². The number of benzene rings is 1. The molecule has 0 fully saturated rings. The molecule has 0 radical (unpaired) electrons. The Labute approximate surface area is 75.6 Å². The van der Waals surface area contributed by atoms with Crippen LogP contribution in [-0.4, -0.2) is 11.1 Å². The molecule has 13 heavy (non-hydrogen) atoms. The highest BCUT2D eigenvalue weighted by Gasteiger charge is 1.98. The molecule has 0 unspecified atom stereocenters. The number of anilines is 1. The van der Waals surface area contributed by atoms with Gasteiger partial charge in [0, 0.05) is 5.97 Å². The van der Waals surface area contributed by atoms with Gasteiger partial charge in [0.05, 0.1) is 5.69 Å². The van der Waals surface area contributed by atoms with Crippen LogP contribution in [0.2, 0.25) is 0 Å². The summed E-state index contributed by atoms with van der Waals surface area (Å²) in [6.45, 7) is 0. The molecule has 0 atom stereocenters. The first-order chi connectivity index (χ1) is 6.09. The van der Waals surface area contributed by atoms with E-state index in [0.29, 0.717) is 6.42 Å². The molecule has 70 valence electrons. The monoisotopic (exact) mass is 180 g/mol. The number of carboxylic acids is 1. The quantitative estimate of drug-likeness (QED) is 0.492. The minimum absolute atomic E-state index is 0.0113. The lowest BCUT2D eigenvalue weighted by atomic mass is 10.1. The number of carbonyl (C=O) groups excluding carboxylic acids is 1. The molecule has 0 saturated heterocycles. The van der Waals surface area contributed by atoms with Crippen molar-refractivity contribution in [2.24, 2.45) is 0 Å². The minimum atomic E-state index is -1.09.